The molecule has 0 bridgehead atoms. The van der Waals surface area contributed by atoms with Crippen molar-refractivity contribution >= 4 is 68.1 Å². The van der Waals surface area contributed by atoms with Crippen molar-refractivity contribution in [1.82, 2.24) is 16.0 Å². The Bertz CT molecular complexity index is 1840. The first-order chi connectivity index (χ1) is 27.4. The molecular weight excluding hydrogens is 852 g/mol. The minimum absolute atomic E-state index is 0. The molecule has 21 nitrogen and oxygen atoms in total. The van der Waals surface area contributed by atoms with Crippen molar-refractivity contribution in [2.75, 3.05) is 26.7 Å². The lowest BCUT2D eigenvalue weighted by Crippen LogP contribution is -2.39. The molecule has 0 saturated carbocycles. The van der Waals surface area contributed by atoms with Crippen LogP contribution in [0, 0.1) is 31.6 Å². The molecule has 3 saturated heterocycles. The molecule has 3 aliphatic heterocycles. The average Bonchev–Trinajstić information content (AvgIpc) is 3.89. The van der Waals surface area contributed by atoms with Gasteiger partial charge in [-0.25, -0.2) is 0 Å². The first-order valence-corrected chi connectivity index (χ1v) is 21.1. The molecule has 2 aromatic carbocycles. The molecule has 3 fully saturated rings. The number of methoxy groups -OCH3 is 1. The van der Waals surface area contributed by atoms with Crippen LogP contribution in [0.25, 0.3) is 0 Å². The van der Waals surface area contributed by atoms with Crippen molar-refractivity contribution in [2.45, 2.75) is 80.3 Å². The van der Waals surface area contributed by atoms with E-state index >= 15 is 0 Å². The van der Waals surface area contributed by atoms with E-state index < -0.39 is 56.1 Å². The zero-order valence-electron chi connectivity index (χ0n) is 33.4. The van der Waals surface area contributed by atoms with Crippen molar-refractivity contribution in [3.8, 4) is 0 Å². The monoisotopic (exact) mass is 908 g/mol. The SMILES string of the molecule is COC(=O)[C@@H](N)C[C@@H]1CCNC1=O.Cc1ccc(S(=O)(=O)O)cc1.Cc1ccc(S(=O)(=O)O)cc1.Cl.NC(=O)[C@@H](N)C[C@@H]1CCNC1=O.NC(=O)[C@@H](N)C[C@@H]1CCNC1=O. The van der Waals surface area contributed by atoms with Gasteiger partial charge < -0.3 is 49.4 Å². The van der Waals surface area contributed by atoms with Crippen LogP contribution >= 0.6 is 12.4 Å². The third kappa shape index (κ3) is 21.0. The number of aryl methyl sites for hydroxylation is 2. The lowest BCUT2D eigenvalue weighted by Gasteiger charge is -2.11. The maximum atomic E-state index is 11.1. The van der Waals surface area contributed by atoms with Gasteiger partial charge in [-0.2, -0.15) is 16.8 Å². The number of hydrogen-bond donors (Lipinski definition) is 10. The number of hydrogen-bond acceptors (Lipinski definition) is 14. The van der Waals surface area contributed by atoms with Gasteiger partial charge in [0.15, 0.2) is 0 Å². The van der Waals surface area contributed by atoms with E-state index in [1.807, 2.05) is 13.8 Å². The Morgan fingerprint density at radius 1 is 0.617 bits per heavy atom. The van der Waals surface area contributed by atoms with Crippen LogP contribution in [-0.4, -0.2) is 106 Å². The van der Waals surface area contributed by atoms with E-state index in [2.05, 4.69) is 20.7 Å². The van der Waals surface area contributed by atoms with Crippen molar-refractivity contribution in [3.63, 3.8) is 0 Å². The summed E-state index contributed by atoms with van der Waals surface area (Å²) >= 11 is 0. The zero-order valence-corrected chi connectivity index (χ0v) is 35.9. The highest BCUT2D eigenvalue weighted by atomic mass is 35.5. The molecule has 60 heavy (non-hydrogen) atoms. The molecule has 6 atom stereocenters. The topological polar surface area (TPSA) is 387 Å². The standard InChI is InChI=1S/C8H14N2O3.2C7H13N3O2.2C7H8O3S.ClH/c1-13-8(12)6(9)4-5-2-3-10-7(5)11;2*8-5(6(9)11)3-4-1-2-10-7(4)12;2*1-6-2-4-7(5-3-6)11(8,9)10;/h5-6H,2-4,9H2,1H3,(H,10,11);2*4-5H,1-3,8H2,(H2,9,11)(H,10,12);2*2-5H,1H3,(H,8,9,10);1H/t5-,6-;2*4-,5-;;;/m000.../s1. The van der Waals surface area contributed by atoms with Gasteiger partial charge in [-0.3, -0.25) is 37.9 Å². The lowest BCUT2D eigenvalue weighted by atomic mass is 9.99. The summed E-state index contributed by atoms with van der Waals surface area (Å²) in [5.74, 6) is -2.00. The Kier molecular flexibility index (Phi) is 24.4. The molecule has 338 valence electrons. The fraction of sp³-hybridized carbons (Fsp3) is 0.500. The second-order valence-corrected chi connectivity index (χ2v) is 16.6. The number of halogens is 1. The number of ether oxygens (including phenoxy) is 1. The highest BCUT2D eigenvalue weighted by molar-refractivity contribution is 7.86. The largest absolute Gasteiger partial charge is 0.468 e. The Labute approximate surface area is 355 Å². The summed E-state index contributed by atoms with van der Waals surface area (Å²) in [5.41, 5.74) is 28.2. The second-order valence-electron chi connectivity index (χ2n) is 13.8. The summed E-state index contributed by atoms with van der Waals surface area (Å²) < 4.78 is 63.6. The summed E-state index contributed by atoms with van der Waals surface area (Å²) in [6, 6.07) is 9.90. The number of carbonyl (C=O) groups excluding carboxylic acids is 6. The summed E-state index contributed by atoms with van der Waals surface area (Å²) in [4.78, 5) is 65.0. The maximum Gasteiger partial charge on any atom is 0.322 e. The molecule has 15 N–H and O–H groups in total. The molecule has 0 radical (unpaired) electrons. The van der Waals surface area contributed by atoms with Gasteiger partial charge >= 0.3 is 5.97 Å². The Hall–Kier alpha value is -4.75. The molecule has 0 aromatic heterocycles. The Morgan fingerprint density at radius 3 is 1.08 bits per heavy atom. The van der Waals surface area contributed by atoms with E-state index in [-0.39, 0.29) is 57.7 Å². The van der Waals surface area contributed by atoms with E-state index in [0.717, 1.165) is 30.4 Å². The maximum absolute atomic E-state index is 11.1. The average molecular weight is 909 g/mol. The first-order valence-electron chi connectivity index (χ1n) is 18.2. The van der Waals surface area contributed by atoms with Gasteiger partial charge in [0.05, 0.1) is 29.0 Å². The normalized spacial score (nSPS) is 19.4. The predicted octanol–water partition coefficient (Wildman–Crippen LogP) is -1.43. The second kappa shape index (κ2) is 26.5. The Morgan fingerprint density at radius 2 is 0.883 bits per heavy atom. The van der Waals surface area contributed by atoms with Crippen LogP contribution in [0.1, 0.15) is 49.7 Å². The van der Waals surface area contributed by atoms with Crippen LogP contribution in [-0.2, 0) is 53.7 Å². The quantitative estimate of drug-likeness (QED) is 0.0912. The van der Waals surface area contributed by atoms with E-state index in [0.29, 0.717) is 38.9 Å². The first kappa shape index (κ1) is 55.2. The number of benzene rings is 2. The zero-order chi connectivity index (χ0) is 45.1. The van der Waals surface area contributed by atoms with Crippen molar-refractivity contribution in [2.24, 2.45) is 46.4 Å². The van der Waals surface area contributed by atoms with Gasteiger partial charge in [0.25, 0.3) is 20.2 Å². The van der Waals surface area contributed by atoms with Gasteiger partial charge in [-0.15, -0.1) is 12.4 Å². The number of rotatable bonds is 11. The van der Waals surface area contributed by atoms with Gasteiger partial charge in [0.2, 0.25) is 29.5 Å². The van der Waals surface area contributed by atoms with Crippen LogP contribution in [0.3, 0.4) is 0 Å². The highest BCUT2D eigenvalue weighted by Crippen LogP contribution is 2.17. The number of amides is 5. The number of nitrogens with two attached hydrogens (primary N) is 5. The fourth-order valence-corrected chi connectivity index (χ4v) is 6.39. The molecule has 0 aliphatic carbocycles. The molecule has 0 spiro atoms. The summed E-state index contributed by atoms with van der Waals surface area (Å²) in [7, 11) is -6.75. The molecule has 3 aliphatic rings. The Balaban J connectivity index is 0.000000723. The molecule has 2 aromatic rings. The minimum atomic E-state index is -4.02. The van der Waals surface area contributed by atoms with Crippen LogP contribution in [0.15, 0.2) is 58.3 Å². The van der Waals surface area contributed by atoms with Crippen LogP contribution < -0.4 is 44.6 Å². The van der Waals surface area contributed by atoms with Gasteiger partial charge in [-0.05, 0) is 76.6 Å². The molecular formula is C36H57ClN8O13S2. The van der Waals surface area contributed by atoms with Crippen molar-refractivity contribution in [1.29, 1.82) is 0 Å². The molecule has 0 unspecified atom stereocenters. The van der Waals surface area contributed by atoms with Gasteiger partial charge in [0.1, 0.15) is 6.04 Å². The predicted molar refractivity (Wildman–Crippen MR) is 221 cm³/mol. The molecule has 3 heterocycles. The van der Waals surface area contributed by atoms with Gasteiger partial charge in [-0.1, -0.05) is 35.4 Å². The molecule has 24 heteroatoms. The van der Waals surface area contributed by atoms with E-state index in [9.17, 15) is 45.6 Å². The van der Waals surface area contributed by atoms with E-state index in [1.54, 1.807) is 24.3 Å². The lowest BCUT2D eigenvalue weighted by molar-refractivity contribution is -0.142. The van der Waals surface area contributed by atoms with Crippen molar-refractivity contribution < 1.29 is 59.4 Å². The smallest absolute Gasteiger partial charge is 0.322 e. The number of carbonyl (C=O) groups is 6. The minimum Gasteiger partial charge on any atom is -0.468 e. The van der Waals surface area contributed by atoms with Gasteiger partial charge in [0, 0.05) is 37.4 Å². The van der Waals surface area contributed by atoms with Crippen LogP contribution in [0.2, 0.25) is 0 Å². The number of esters is 1. The van der Waals surface area contributed by atoms with Crippen LogP contribution in [0.5, 0.6) is 0 Å². The summed E-state index contributed by atoms with van der Waals surface area (Å²) in [6.45, 7) is 5.71. The third-order valence-corrected chi connectivity index (χ3v) is 10.7. The molecule has 5 amide bonds. The fourth-order valence-electron chi connectivity index (χ4n) is 5.43. The molecule has 5 rings (SSSR count). The van der Waals surface area contributed by atoms with Crippen LogP contribution in [0.4, 0.5) is 0 Å². The highest BCUT2D eigenvalue weighted by Gasteiger charge is 2.30. The number of primary amides is 2. The van der Waals surface area contributed by atoms with Crippen molar-refractivity contribution in [3.05, 3.63) is 59.7 Å². The third-order valence-electron chi connectivity index (χ3n) is 8.98. The van der Waals surface area contributed by atoms with E-state index in [4.69, 9.17) is 37.8 Å². The summed E-state index contributed by atoms with van der Waals surface area (Å²) in [5, 5.41) is 8.02. The number of nitrogens with one attached hydrogen (secondary N) is 3. The van der Waals surface area contributed by atoms with E-state index in [1.165, 1.54) is 31.4 Å². The summed E-state index contributed by atoms with van der Waals surface area (Å²) in [6.07, 6.45) is 3.35.